The number of ether oxygens (including phenoxy) is 3. The fraction of sp³-hybridized carbons (Fsp3) is 0.750. The normalized spacial score (nSPS) is 35.7. The molecule has 0 spiro atoms. The van der Waals surface area contributed by atoms with E-state index in [0.717, 1.165) is 54.8 Å². The van der Waals surface area contributed by atoms with Gasteiger partial charge in [-0.05, 0) is 103 Å². The average molecular weight is 551 g/mol. The zero-order chi connectivity index (χ0) is 28.7. The number of carbonyl (C=O) groups excluding carboxylic acids is 1. The van der Waals surface area contributed by atoms with Gasteiger partial charge in [0, 0.05) is 6.42 Å². The Morgan fingerprint density at radius 1 is 0.975 bits per heavy atom. The summed E-state index contributed by atoms with van der Waals surface area (Å²) in [4.78, 5) is 13.2. The summed E-state index contributed by atoms with van der Waals surface area (Å²) < 4.78 is 17.0. The lowest BCUT2D eigenvalue weighted by Crippen LogP contribution is -2.51. The molecule has 0 saturated heterocycles. The van der Waals surface area contributed by atoms with Crippen LogP contribution in [0.15, 0.2) is 29.8 Å². The van der Waals surface area contributed by atoms with Gasteiger partial charge in [0.2, 0.25) is 0 Å². The zero-order valence-electron chi connectivity index (χ0n) is 26.3. The molecule has 0 unspecified atom stereocenters. The van der Waals surface area contributed by atoms with E-state index in [1.165, 1.54) is 51.4 Å². The standard InChI is InChI=1S/C36H54O4/c1-23(2)10-8-11-24(3)29-16-17-30-27-15-14-25-22-26(18-20-35(25,4)31(27)19-21-36(29,30)5)40-34(37)28-12-9-13-32(38-6)33(28)39-7/h9,12-14,23-24,26-27,29-31H,8,10-11,15-22H2,1-7H3/t24-,26-,27+,29-,30+,31+,35-,36+/m0/s1. The van der Waals surface area contributed by atoms with Crippen LogP contribution >= 0.6 is 0 Å². The maximum atomic E-state index is 13.2. The highest BCUT2D eigenvalue weighted by molar-refractivity contribution is 5.93. The molecule has 1 aromatic carbocycles. The Morgan fingerprint density at radius 3 is 2.50 bits per heavy atom. The van der Waals surface area contributed by atoms with Crippen molar-refractivity contribution in [3.8, 4) is 11.5 Å². The number of esters is 1. The summed E-state index contributed by atoms with van der Waals surface area (Å²) in [7, 11) is 3.16. The van der Waals surface area contributed by atoms with Gasteiger partial charge in [-0.1, -0.05) is 71.6 Å². The molecule has 1 aromatic rings. The smallest absolute Gasteiger partial charge is 0.342 e. The van der Waals surface area contributed by atoms with Crippen LogP contribution in [-0.2, 0) is 4.74 Å². The first-order chi connectivity index (χ1) is 19.1. The third kappa shape index (κ3) is 5.22. The number of benzene rings is 1. The van der Waals surface area contributed by atoms with E-state index in [4.69, 9.17) is 14.2 Å². The van der Waals surface area contributed by atoms with Crippen molar-refractivity contribution in [2.45, 2.75) is 111 Å². The van der Waals surface area contributed by atoms with Crippen molar-refractivity contribution in [3.63, 3.8) is 0 Å². The number of para-hydroxylation sites is 1. The highest BCUT2D eigenvalue weighted by Crippen LogP contribution is 2.67. The van der Waals surface area contributed by atoms with Gasteiger partial charge in [0.15, 0.2) is 11.5 Å². The molecule has 0 aliphatic heterocycles. The van der Waals surface area contributed by atoms with Crippen LogP contribution in [0.5, 0.6) is 11.5 Å². The molecule has 3 saturated carbocycles. The Kier molecular flexibility index (Phi) is 8.65. The zero-order valence-corrected chi connectivity index (χ0v) is 26.3. The van der Waals surface area contributed by atoms with E-state index in [9.17, 15) is 4.79 Å². The molecule has 4 nitrogen and oxygen atoms in total. The van der Waals surface area contributed by atoms with Crippen LogP contribution in [0.2, 0.25) is 0 Å². The van der Waals surface area contributed by atoms with Gasteiger partial charge in [-0.2, -0.15) is 0 Å². The molecule has 4 aliphatic rings. The number of rotatable bonds is 9. The summed E-state index contributed by atoms with van der Waals surface area (Å²) in [5, 5.41) is 0. The Bertz CT molecular complexity index is 1090. The summed E-state index contributed by atoms with van der Waals surface area (Å²) in [5.41, 5.74) is 2.76. The fourth-order valence-corrected chi connectivity index (χ4v) is 10.0. The molecular weight excluding hydrogens is 496 g/mol. The van der Waals surface area contributed by atoms with Crippen molar-refractivity contribution in [3.05, 3.63) is 35.4 Å². The van der Waals surface area contributed by atoms with Crippen LogP contribution in [0.1, 0.15) is 116 Å². The number of allylic oxidation sites excluding steroid dienone is 1. The second-order valence-electron chi connectivity index (χ2n) is 14.6. The number of fused-ring (bicyclic) bond motifs is 5. The first-order valence-electron chi connectivity index (χ1n) is 16.2. The molecule has 0 N–H and O–H groups in total. The molecule has 3 fully saturated rings. The summed E-state index contributed by atoms with van der Waals surface area (Å²) in [6.07, 6.45) is 16.4. The van der Waals surface area contributed by atoms with Gasteiger partial charge in [-0.3, -0.25) is 0 Å². The van der Waals surface area contributed by atoms with Gasteiger partial charge in [0.25, 0.3) is 0 Å². The topological polar surface area (TPSA) is 44.8 Å². The molecule has 4 aliphatic carbocycles. The molecule has 0 bridgehead atoms. The van der Waals surface area contributed by atoms with Crippen LogP contribution in [0.3, 0.4) is 0 Å². The molecule has 222 valence electrons. The lowest BCUT2D eigenvalue weighted by Gasteiger charge is -2.58. The van der Waals surface area contributed by atoms with Crippen LogP contribution < -0.4 is 9.47 Å². The molecule has 5 rings (SSSR count). The van der Waals surface area contributed by atoms with Crippen LogP contribution in [-0.4, -0.2) is 26.3 Å². The summed E-state index contributed by atoms with van der Waals surface area (Å²) >= 11 is 0. The van der Waals surface area contributed by atoms with Crippen LogP contribution in [0, 0.1) is 46.3 Å². The summed E-state index contributed by atoms with van der Waals surface area (Å²) in [6, 6.07) is 5.39. The van der Waals surface area contributed by atoms with Crippen molar-refractivity contribution in [1.82, 2.24) is 0 Å². The first kappa shape index (κ1) is 29.5. The minimum absolute atomic E-state index is 0.0734. The monoisotopic (exact) mass is 550 g/mol. The average Bonchev–Trinajstić information content (AvgIpc) is 3.29. The molecule has 0 heterocycles. The highest BCUT2D eigenvalue weighted by Gasteiger charge is 2.59. The molecule has 8 atom stereocenters. The maximum Gasteiger partial charge on any atom is 0.342 e. The van der Waals surface area contributed by atoms with E-state index in [0.29, 0.717) is 22.5 Å². The van der Waals surface area contributed by atoms with E-state index in [1.807, 2.05) is 6.07 Å². The van der Waals surface area contributed by atoms with Gasteiger partial charge in [-0.15, -0.1) is 0 Å². The van der Waals surface area contributed by atoms with Gasteiger partial charge >= 0.3 is 5.97 Å². The molecule has 0 radical (unpaired) electrons. The van der Waals surface area contributed by atoms with E-state index in [-0.39, 0.29) is 17.5 Å². The van der Waals surface area contributed by atoms with Crippen molar-refractivity contribution in [2.24, 2.45) is 46.3 Å². The van der Waals surface area contributed by atoms with E-state index in [1.54, 1.807) is 31.9 Å². The molecule has 0 aromatic heterocycles. The van der Waals surface area contributed by atoms with Gasteiger partial charge in [-0.25, -0.2) is 4.79 Å². The highest BCUT2D eigenvalue weighted by atomic mass is 16.5. The van der Waals surface area contributed by atoms with E-state index >= 15 is 0 Å². The minimum Gasteiger partial charge on any atom is -0.493 e. The van der Waals surface area contributed by atoms with Crippen molar-refractivity contribution >= 4 is 5.97 Å². The predicted molar refractivity (Wildman–Crippen MR) is 162 cm³/mol. The minimum atomic E-state index is -0.313. The second kappa shape index (κ2) is 11.7. The third-order valence-electron chi connectivity index (χ3n) is 12.2. The number of carbonyl (C=O) groups is 1. The second-order valence-corrected chi connectivity index (χ2v) is 14.6. The largest absolute Gasteiger partial charge is 0.493 e. The van der Waals surface area contributed by atoms with Crippen molar-refractivity contribution < 1.29 is 19.0 Å². The Labute approximate surface area is 243 Å². The molecule has 0 amide bonds. The van der Waals surface area contributed by atoms with Crippen LogP contribution in [0.4, 0.5) is 0 Å². The quantitative estimate of drug-likeness (QED) is 0.227. The number of hydrogen-bond acceptors (Lipinski definition) is 4. The summed E-state index contributed by atoms with van der Waals surface area (Å²) in [6.45, 7) is 12.5. The molecular formula is C36H54O4. The Balaban J connectivity index is 1.26. The number of hydrogen-bond donors (Lipinski definition) is 0. The van der Waals surface area contributed by atoms with E-state index in [2.05, 4.69) is 40.7 Å². The third-order valence-corrected chi connectivity index (χ3v) is 12.2. The molecule has 40 heavy (non-hydrogen) atoms. The lowest BCUT2D eigenvalue weighted by molar-refractivity contribution is -0.0594. The first-order valence-corrected chi connectivity index (χ1v) is 16.2. The Morgan fingerprint density at radius 2 is 1.77 bits per heavy atom. The van der Waals surface area contributed by atoms with Gasteiger partial charge in [0.05, 0.1) is 14.2 Å². The van der Waals surface area contributed by atoms with Crippen molar-refractivity contribution in [1.29, 1.82) is 0 Å². The van der Waals surface area contributed by atoms with Crippen molar-refractivity contribution in [2.75, 3.05) is 14.2 Å². The van der Waals surface area contributed by atoms with Gasteiger partial charge in [0.1, 0.15) is 11.7 Å². The van der Waals surface area contributed by atoms with Gasteiger partial charge < -0.3 is 14.2 Å². The molecule has 4 heteroatoms. The Hall–Kier alpha value is -1.97. The lowest BCUT2D eigenvalue weighted by atomic mass is 9.47. The maximum absolute atomic E-state index is 13.2. The predicted octanol–water partition coefficient (Wildman–Crippen LogP) is 9.27. The van der Waals surface area contributed by atoms with Crippen LogP contribution in [0.25, 0.3) is 0 Å². The van der Waals surface area contributed by atoms with E-state index < -0.39 is 0 Å². The summed E-state index contributed by atoms with van der Waals surface area (Å²) in [5.74, 6) is 5.72. The fourth-order valence-electron chi connectivity index (χ4n) is 10.0. The SMILES string of the molecule is COc1cccc(C(=O)O[C@H]2CC[C@@]3(C)C(=CC[C@@H]4[C@H]5CC[C@@H]([C@@H](C)CCCC(C)C)[C@@]5(C)CC[C@H]43)C2)c1OC. The number of methoxy groups -OCH3 is 2.